The Kier molecular flexibility index (Phi) is 4.62. The van der Waals surface area contributed by atoms with Gasteiger partial charge in [-0.3, -0.25) is 9.59 Å². The highest BCUT2D eigenvalue weighted by Crippen LogP contribution is 2.22. The molecule has 0 amide bonds. The first-order valence-corrected chi connectivity index (χ1v) is 9.30. The summed E-state index contributed by atoms with van der Waals surface area (Å²) >= 11 is 9.69. The van der Waals surface area contributed by atoms with E-state index in [1.807, 2.05) is 24.3 Å². The van der Waals surface area contributed by atoms with Crippen LogP contribution in [0.1, 0.15) is 9.75 Å². The Morgan fingerprint density at radius 2 is 1.18 bits per heavy atom. The highest BCUT2D eigenvalue weighted by Gasteiger charge is 2.00. The van der Waals surface area contributed by atoms with Crippen LogP contribution in [-0.2, 0) is 0 Å². The molecule has 112 valence electrons. The summed E-state index contributed by atoms with van der Waals surface area (Å²) in [5, 5.41) is 0.479. The predicted molar refractivity (Wildman–Crippen MR) is 98.1 cm³/mol. The third-order valence-corrected chi connectivity index (χ3v) is 5.89. The van der Waals surface area contributed by atoms with Crippen LogP contribution in [0, 0.1) is 0 Å². The van der Waals surface area contributed by atoms with Crippen LogP contribution in [0.15, 0.2) is 41.4 Å². The molecule has 0 bridgehead atoms. The molecule has 22 heavy (non-hydrogen) atoms. The Balaban J connectivity index is 2.13. The lowest BCUT2D eigenvalue weighted by Crippen LogP contribution is -2.46. The van der Waals surface area contributed by atoms with E-state index in [1.165, 1.54) is 22.7 Å². The Bertz CT molecular complexity index is 973. The molecule has 0 aromatic carbocycles. The maximum atomic E-state index is 12.1. The van der Waals surface area contributed by atoms with E-state index in [1.54, 1.807) is 12.2 Å². The van der Waals surface area contributed by atoms with Crippen LogP contribution >= 0.6 is 54.5 Å². The summed E-state index contributed by atoms with van der Waals surface area (Å²) in [4.78, 5) is 31.2. The molecule has 0 unspecified atom stereocenters. The van der Waals surface area contributed by atoms with Crippen LogP contribution in [0.5, 0.6) is 0 Å². The van der Waals surface area contributed by atoms with Crippen molar-refractivity contribution in [3.05, 3.63) is 73.0 Å². The number of halogens is 2. The zero-order valence-electron chi connectivity index (χ0n) is 10.9. The van der Waals surface area contributed by atoms with Gasteiger partial charge in [-0.2, -0.15) is 0 Å². The van der Waals surface area contributed by atoms with Gasteiger partial charge in [-0.05, 0) is 68.3 Å². The molecule has 3 heterocycles. The number of H-pyrrole nitrogens is 2. The molecule has 0 saturated carbocycles. The molecular formula is C14H8Br2N2O2S2. The van der Waals surface area contributed by atoms with Gasteiger partial charge in [-0.25, -0.2) is 0 Å². The third-order valence-electron chi connectivity index (χ3n) is 2.75. The van der Waals surface area contributed by atoms with Crippen molar-refractivity contribution in [1.29, 1.82) is 0 Å². The molecule has 0 spiro atoms. The van der Waals surface area contributed by atoms with Gasteiger partial charge in [0.1, 0.15) is 10.7 Å². The molecule has 0 aliphatic heterocycles. The van der Waals surface area contributed by atoms with E-state index in [4.69, 9.17) is 0 Å². The summed E-state index contributed by atoms with van der Waals surface area (Å²) in [6.07, 6.45) is 3.31. The maximum absolute atomic E-state index is 12.1. The molecule has 0 fully saturated rings. The Hall–Kier alpha value is -1.22. The topological polar surface area (TPSA) is 65.7 Å². The standard InChI is InChI=1S/C14H8Br2N2O2S2/c15-11-3-1-7(21-11)5-9-13(19)18-10(14(20)17-9)6-8-2-4-12(16)22-8/h1-6H,(H,17,20)(H,18,19)/b9-5+,10-6+. The average molecular weight is 460 g/mol. The summed E-state index contributed by atoms with van der Waals surface area (Å²) in [5.74, 6) is 0. The first-order valence-electron chi connectivity index (χ1n) is 6.08. The van der Waals surface area contributed by atoms with Crippen molar-refractivity contribution in [3.8, 4) is 0 Å². The molecule has 0 aliphatic rings. The van der Waals surface area contributed by atoms with Gasteiger partial charge in [0.25, 0.3) is 11.1 Å². The predicted octanol–water partition coefficient (Wildman–Crippen LogP) is 2.37. The average Bonchev–Trinajstić information content (AvgIpc) is 3.04. The molecule has 0 radical (unpaired) electrons. The van der Waals surface area contributed by atoms with Crippen molar-refractivity contribution in [2.24, 2.45) is 0 Å². The minimum atomic E-state index is -0.328. The van der Waals surface area contributed by atoms with E-state index < -0.39 is 0 Å². The van der Waals surface area contributed by atoms with Gasteiger partial charge in [0, 0.05) is 9.75 Å². The van der Waals surface area contributed by atoms with Crippen LogP contribution in [-0.4, -0.2) is 9.97 Å². The minimum absolute atomic E-state index is 0.240. The highest BCUT2D eigenvalue weighted by atomic mass is 79.9. The second-order valence-corrected chi connectivity index (χ2v) is 9.30. The third kappa shape index (κ3) is 3.57. The van der Waals surface area contributed by atoms with Gasteiger partial charge in [0.2, 0.25) is 0 Å². The fourth-order valence-corrected chi connectivity index (χ4v) is 4.53. The molecular weight excluding hydrogens is 452 g/mol. The van der Waals surface area contributed by atoms with E-state index in [2.05, 4.69) is 41.8 Å². The Morgan fingerprint density at radius 1 is 0.773 bits per heavy atom. The van der Waals surface area contributed by atoms with Gasteiger partial charge in [-0.15, -0.1) is 22.7 Å². The van der Waals surface area contributed by atoms with Crippen molar-refractivity contribution in [2.45, 2.75) is 0 Å². The molecule has 3 rings (SSSR count). The van der Waals surface area contributed by atoms with Crippen LogP contribution in [0.4, 0.5) is 0 Å². The van der Waals surface area contributed by atoms with Crippen LogP contribution in [0.25, 0.3) is 12.2 Å². The molecule has 0 aliphatic carbocycles. The van der Waals surface area contributed by atoms with E-state index >= 15 is 0 Å². The van der Waals surface area contributed by atoms with Gasteiger partial charge in [0.05, 0.1) is 7.57 Å². The van der Waals surface area contributed by atoms with Gasteiger partial charge in [0.15, 0.2) is 0 Å². The SMILES string of the molecule is O=c1[nH]/c(=C/c2ccc(Br)s2)c(=O)[nH]/c1=C/c1ccc(Br)s1. The molecule has 4 nitrogen and oxygen atoms in total. The first kappa shape index (κ1) is 15.7. The van der Waals surface area contributed by atoms with Crippen LogP contribution < -0.4 is 21.8 Å². The maximum Gasteiger partial charge on any atom is 0.272 e. The molecule has 3 aromatic rings. The van der Waals surface area contributed by atoms with Crippen molar-refractivity contribution in [3.63, 3.8) is 0 Å². The summed E-state index contributed by atoms with van der Waals surface area (Å²) in [5.41, 5.74) is -0.656. The minimum Gasteiger partial charge on any atom is -0.316 e. The van der Waals surface area contributed by atoms with Gasteiger partial charge < -0.3 is 9.97 Å². The summed E-state index contributed by atoms with van der Waals surface area (Å²) < 4.78 is 1.93. The zero-order chi connectivity index (χ0) is 15.7. The van der Waals surface area contributed by atoms with E-state index in [0.717, 1.165) is 17.3 Å². The number of hydrogen-bond donors (Lipinski definition) is 2. The number of nitrogens with one attached hydrogen (secondary N) is 2. The van der Waals surface area contributed by atoms with Crippen LogP contribution in [0.3, 0.4) is 0 Å². The Labute approximate surface area is 149 Å². The monoisotopic (exact) mass is 458 g/mol. The number of aromatic amines is 2. The molecule has 8 heteroatoms. The van der Waals surface area contributed by atoms with Crippen LogP contribution in [0.2, 0.25) is 0 Å². The first-order chi connectivity index (χ1) is 10.5. The number of hydrogen-bond acceptors (Lipinski definition) is 4. The van der Waals surface area contributed by atoms with Crippen molar-refractivity contribution in [1.82, 2.24) is 9.97 Å². The zero-order valence-corrected chi connectivity index (χ0v) is 15.7. The lowest BCUT2D eigenvalue weighted by Gasteiger charge is -1.90. The van der Waals surface area contributed by atoms with E-state index in [9.17, 15) is 9.59 Å². The van der Waals surface area contributed by atoms with Crippen molar-refractivity contribution < 1.29 is 0 Å². The molecule has 2 N–H and O–H groups in total. The lowest BCUT2D eigenvalue weighted by atomic mass is 10.4. The van der Waals surface area contributed by atoms with E-state index in [0.29, 0.717) is 0 Å². The quantitative estimate of drug-likeness (QED) is 0.617. The number of aromatic nitrogens is 2. The molecule has 3 aromatic heterocycles. The van der Waals surface area contributed by atoms with Crippen molar-refractivity contribution in [2.75, 3.05) is 0 Å². The van der Waals surface area contributed by atoms with E-state index in [-0.39, 0.29) is 21.8 Å². The largest absolute Gasteiger partial charge is 0.316 e. The second-order valence-electron chi connectivity index (χ2n) is 4.31. The van der Waals surface area contributed by atoms with Gasteiger partial charge in [-0.1, -0.05) is 0 Å². The van der Waals surface area contributed by atoms with Crippen molar-refractivity contribution >= 4 is 66.7 Å². The summed E-state index contributed by atoms with van der Waals surface area (Å²) in [6.45, 7) is 0. The summed E-state index contributed by atoms with van der Waals surface area (Å²) in [6, 6.07) is 7.52. The fourth-order valence-electron chi connectivity index (χ4n) is 1.79. The number of rotatable bonds is 2. The second kappa shape index (κ2) is 6.49. The smallest absolute Gasteiger partial charge is 0.272 e. The van der Waals surface area contributed by atoms with Gasteiger partial charge >= 0.3 is 0 Å². The Morgan fingerprint density at radius 3 is 1.50 bits per heavy atom. The lowest BCUT2D eigenvalue weighted by molar-refractivity contribution is 1.00. The molecule has 0 atom stereocenters. The number of thiophene rings is 2. The normalized spacial score (nSPS) is 13.0. The fraction of sp³-hybridized carbons (Fsp3) is 0. The molecule has 0 saturated heterocycles. The summed E-state index contributed by atoms with van der Waals surface area (Å²) in [7, 11) is 0. The highest BCUT2D eigenvalue weighted by molar-refractivity contribution is 9.11.